The van der Waals surface area contributed by atoms with Gasteiger partial charge in [0.1, 0.15) is 0 Å². The Balaban J connectivity index is 2.02. The number of aliphatic carboxylic acids is 1. The molecule has 20 heavy (non-hydrogen) atoms. The van der Waals surface area contributed by atoms with Crippen LogP contribution in [-0.4, -0.2) is 23.0 Å². The normalized spacial score (nSPS) is 36.5. The largest absolute Gasteiger partial charge is 0.481 e. The average Bonchev–Trinajstić information content (AvgIpc) is 2.74. The van der Waals surface area contributed by atoms with Crippen LogP contribution in [0.1, 0.15) is 59.3 Å². The monoisotopic (exact) mass is 281 g/mol. The smallest absolute Gasteiger partial charge is 0.307 e. The predicted molar refractivity (Wildman–Crippen MR) is 77.2 cm³/mol. The zero-order chi connectivity index (χ0) is 14.9. The van der Waals surface area contributed by atoms with E-state index in [2.05, 4.69) is 19.2 Å². The molecule has 2 saturated carbocycles. The molecule has 4 atom stereocenters. The van der Waals surface area contributed by atoms with E-state index in [1.165, 1.54) is 6.42 Å². The second-order valence-electron chi connectivity index (χ2n) is 7.42. The molecule has 0 bridgehead atoms. The van der Waals surface area contributed by atoms with Crippen molar-refractivity contribution in [2.24, 2.45) is 23.2 Å². The van der Waals surface area contributed by atoms with Crippen LogP contribution in [0.5, 0.6) is 0 Å². The second kappa shape index (κ2) is 5.74. The Morgan fingerprint density at radius 3 is 2.40 bits per heavy atom. The van der Waals surface area contributed by atoms with Gasteiger partial charge >= 0.3 is 5.97 Å². The summed E-state index contributed by atoms with van der Waals surface area (Å²) in [6.07, 6.45) is 5.84. The van der Waals surface area contributed by atoms with Crippen LogP contribution in [0.4, 0.5) is 0 Å². The van der Waals surface area contributed by atoms with Gasteiger partial charge in [0.05, 0.1) is 11.8 Å². The van der Waals surface area contributed by atoms with Crippen molar-refractivity contribution in [3.63, 3.8) is 0 Å². The molecule has 114 valence electrons. The number of hydrogen-bond acceptors (Lipinski definition) is 2. The summed E-state index contributed by atoms with van der Waals surface area (Å²) in [6, 6.07) is 0.189. The van der Waals surface area contributed by atoms with E-state index < -0.39 is 11.9 Å². The third-order valence-electron chi connectivity index (χ3n) is 5.28. The van der Waals surface area contributed by atoms with Gasteiger partial charge in [-0.25, -0.2) is 0 Å². The highest BCUT2D eigenvalue weighted by atomic mass is 16.4. The molecule has 4 heteroatoms. The molecular weight excluding hydrogens is 254 g/mol. The minimum absolute atomic E-state index is 0.0401. The standard InChI is InChI=1S/C16H27NO3/c1-10-8-11(12(9-10)15(19)20)14(18)17-13-6-4-5-7-16(13,2)3/h10-13H,4-9H2,1-3H3,(H,17,18)(H,19,20)/t10?,11-,12+,13?/m0/s1. The number of amides is 1. The first-order valence-electron chi connectivity index (χ1n) is 7.84. The maximum atomic E-state index is 12.5. The summed E-state index contributed by atoms with van der Waals surface area (Å²) in [7, 11) is 0. The first-order chi connectivity index (χ1) is 9.31. The number of carboxylic acid groups (broad SMARTS) is 1. The molecule has 0 saturated heterocycles. The molecular formula is C16H27NO3. The highest BCUT2D eigenvalue weighted by Gasteiger charge is 2.43. The summed E-state index contributed by atoms with van der Waals surface area (Å²) in [4.78, 5) is 23.8. The Morgan fingerprint density at radius 2 is 1.80 bits per heavy atom. The van der Waals surface area contributed by atoms with Crippen molar-refractivity contribution < 1.29 is 14.7 Å². The van der Waals surface area contributed by atoms with Crippen molar-refractivity contribution in [1.82, 2.24) is 5.32 Å². The summed E-state index contributed by atoms with van der Waals surface area (Å²) >= 11 is 0. The van der Waals surface area contributed by atoms with Crippen LogP contribution in [0.2, 0.25) is 0 Å². The quantitative estimate of drug-likeness (QED) is 0.836. The molecule has 1 amide bonds. The fraction of sp³-hybridized carbons (Fsp3) is 0.875. The Kier molecular flexibility index (Phi) is 4.40. The van der Waals surface area contributed by atoms with Crippen molar-refractivity contribution in [2.75, 3.05) is 0 Å². The van der Waals surface area contributed by atoms with Crippen molar-refractivity contribution >= 4 is 11.9 Å². The van der Waals surface area contributed by atoms with Crippen LogP contribution >= 0.6 is 0 Å². The van der Waals surface area contributed by atoms with E-state index in [9.17, 15) is 14.7 Å². The Morgan fingerprint density at radius 1 is 1.15 bits per heavy atom. The lowest BCUT2D eigenvalue weighted by Gasteiger charge is -2.39. The third kappa shape index (κ3) is 3.15. The van der Waals surface area contributed by atoms with Crippen LogP contribution in [0.15, 0.2) is 0 Å². The fourth-order valence-corrected chi connectivity index (χ4v) is 3.89. The highest BCUT2D eigenvalue weighted by molar-refractivity contribution is 5.85. The molecule has 2 unspecified atom stereocenters. The van der Waals surface area contributed by atoms with Gasteiger partial charge in [-0.15, -0.1) is 0 Å². The van der Waals surface area contributed by atoms with E-state index >= 15 is 0 Å². The number of carboxylic acids is 1. The SMILES string of the molecule is CC1C[C@H](C(=O)NC2CCCCC2(C)C)[C@H](C(=O)O)C1. The summed E-state index contributed by atoms with van der Waals surface area (Å²) in [5, 5.41) is 12.4. The van der Waals surface area contributed by atoms with Crippen LogP contribution in [0, 0.1) is 23.2 Å². The van der Waals surface area contributed by atoms with E-state index in [1.807, 2.05) is 6.92 Å². The van der Waals surface area contributed by atoms with Gasteiger partial charge in [-0.2, -0.15) is 0 Å². The van der Waals surface area contributed by atoms with Crippen LogP contribution in [-0.2, 0) is 9.59 Å². The van der Waals surface area contributed by atoms with Crippen LogP contribution in [0.25, 0.3) is 0 Å². The number of rotatable bonds is 3. The van der Waals surface area contributed by atoms with Crippen molar-refractivity contribution in [3.8, 4) is 0 Å². The number of carbonyl (C=O) groups is 2. The van der Waals surface area contributed by atoms with Crippen LogP contribution in [0.3, 0.4) is 0 Å². The Labute approximate surface area is 121 Å². The molecule has 0 radical (unpaired) electrons. The van der Waals surface area contributed by atoms with E-state index in [-0.39, 0.29) is 23.3 Å². The molecule has 2 N–H and O–H groups in total. The molecule has 2 rings (SSSR count). The summed E-state index contributed by atoms with van der Waals surface area (Å²) in [5.41, 5.74) is 0.122. The third-order valence-corrected chi connectivity index (χ3v) is 5.28. The maximum absolute atomic E-state index is 12.5. The lowest BCUT2D eigenvalue weighted by Crippen LogP contribution is -2.49. The van der Waals surface area contributed by atoms with Gasteiger partial charge in [-0.05, 0) is 37.0 Å². The number of carbonyl (C=O) groups excluding carboxylic acids is 1. The van der Waals surface area contributed by atoms with Gasteiger partial charge in [-0.3, -0.25) is 9.59 Å². The zero-order valence-corrected chi connectivity index (χ0v) is 12.8. The number of hydrogen-bond donors (Lipinski definition) is 2. The van der Waals surface area contributed by atoms with Gasteiger partial charge in [0, 0.05) is 6.04 Å². The lowest BCUT2D eigenvalue weighted by molar-refractivity contribution is -0.146. The van der Waals surface area contributed by atoms with Crippen molar-refractivity contribution in [2.45, 2.75) is 65.3 Å². The highest BCUT2D eigenvalue weighted by Crippen LogP contribution is 2.39. The zero-order valence-electron chi connectivity index (χ0n) is 12.8. The molecule has 2 aliphatic carbocycles. The van der Waals surface area contributed by atoms with Crippen molar-refractivity contribution in [1.29, 1.82) is 0 Å². The molecule has 0 aliphatic heterocycles. The minimum atomic E-state index is -0.822. The van der Waals surface area contributed by atoms with Crippen molar-refractivity contribution in [3.05, 3.63) is 0 Å². The topological polar surface area (TPSA) is 66.4 Å². The molecule has 0 aromatic rings. The molecule has 0 spiro atoms. The summed E-state index contributed by atoms with van der Waals surface area (Å²) in [5.74, 6) is -1.39. The summed E-state index contributed by atoms with van der Waals surface area (Å²) < 4.78 is 0. The van der Waals surface area contributed by atoms with E-state index in [0.717, 1.165) is 19.3 Å². The molecule has 4 nitrogen and oxygen atoms in total. The minimum Gasteiger partial charge on any atom is -0.481 e. The summed E-state index contributed by atoms with van der Waals surface area (Å²) in [6.45, 7) is 6.43. The molecule has 0 heterocycles. The number of nitrogens with one attached hydrogen (secondary N) is 1. The van der Waals surface area contributed by atoms with Gasteiger partial charge in [0.15, 0.2) is 0 Å². The van der Waals surface area contributed by atoms with E-state index in [1.54, 1.807) is 0 Å². The average molecular weight is 281 g/mol. The molecule has 0 aromatic heterocycles. The lowest BCUT2D eigenvalue weighted by atomic mass is 9.73. The molecule has 0 aromatic carbocycles. The first kappa shape index (κ1) is 15.3. The van der Waals surface area contributed by atoms with Gasteiger partial charge < -0.3 is 10.4 Å². The predicted octanol–water partition coefficient (Wildman–Crippen LogP) is 2.82. The van der Waals surface area contributed by atoms with E-state index in [0.29, 0.717) is 18.8 Å². The Bertz CT molecular complexity index is 391. The van der Waals surface area contributed by atoms with Crippen LogP contribution < -0.4 is 5.32 Å². The maximum Gasteiger partial charge on any atom is 0.307 e. The Hall–Kier alpha value is -1.06. The first-order valence-corrected chi connectivity index (χ1v) is 7.84. The van der Waals surface area contributed by atoms with Gasteiger partial charge in [-0.1, -0.05) is 33.6 Å². The second-order valence-corrected chi connectivity index (χ2v) is 7.42. The van der Waals surface area contributed by atoms with E-state index in [4.69, 9.17) is 0 Å². The molecule has 2 fully saturated rings. The van der Waals surface area contributed by atoms with Gasteiger partial charge in [0.2, 0.25) is 5.91 Å². The molecule has 2 aliphatic rings. The van der Waals surface area contributed by atoms with Gasteiger partial charge in [0.25, 0.3) is 0 Å². The fourth-order valence-electron chi connectivity index (χ4n) is 3.89.